The van der Waals surface area contributed by atoms with Crippen molar-refractivity contribution >= 4 is 22.6 Å². The average Bonchev–Trinajstić information content (AvgIpc) is 3.60. The van der Waals surface area contributed by atoms with Crippen molar-refractivity contribution in [3.05, 3.63) is 75.8 Å². The van der Waals surface area contributed by atoms with E-state index in [0.29, 0.717) is 30.8 Å². The lowest BCUT2D eigenvalue weighted by atomic mass is 10.0. The molecule has 1 unspecified atom stereocenters. The second-order valence-corrected chi connectivity index (χ2v) is 8.00. The van der Waals surface area contributed by atoms with E-state index >= 15 is 4.39 Å². The Morgan fingerprint density at radius 2 is 1.93 bits per heavy atom. The molecule has 2 N–H and O–H groups in total. The summed E-state index contributed by atoms with van der Waals surface area (Å²) in [4.78, 5) is 26.2. The minimum atomic E-state index is -1.28. The largest absolute Gasteiger partial charge is 0.477 e. The average molecular weight is 407 g/mol. The Hall–Kier alpha value is -3.19. The van der Waals surface area contributed by atoms with Crippen LogP contribution in [0.2, 0.25) is 0 Å². The third-order valence-corrected chi connectivity index (χ3v) is 5.99. The molecule has 0 bridgehead atoms. The van der Waals surface area contributed by atoms with Gasteiger partial charge in [-0.3, -0.25) is 4.79 Å². The van der Waals surface area contributed by atoms with Gasteiger partial charge in [-0.1, -0.05) is 30.3 Å². The fourth-order valence-corrected chi connectivity index (χ4v) is 4.29. The van der Waals surface area contributed by atoms with Crippen LogP contribution >= 0.6 is 0 Å². The molecule has 1 aromatic heterocycles. The number of hydrogen-bond donors (Lipinski definition) is 2. The zero-order valence-electron chi connectivity index (χ0n) is 16.3. The van der Waals surface area contributed by atoms with E-state index in [1.807, 2.05) is 27.7 Å². The summed E-state index contributed by atoms with van der Waals surface area (Å²) >= 11 is 0. The lowest BCUT2D eigenvalue weighted by Crippen LogP contribution is -2.46. The predicted molar refractivity (Wildman–Crippen MR) is 113 cm³/mol. The lowest BCUT2D eigenvalue weighted by molar-refractivity contribution is 0.0695. The van der Waals surface area contributed by atoms with Gasteiger partial charge in [0.15, 0.2) is 0 Å². The Labute approximate surface area is 172 Å². The van der Waals surface area contributed by atoms with Crippen molar-refractivity contribution in [2.45, 2.75) is 24.9 Å². The molecule has 154 valence electrons. The van der Waals surface area contributed by atoms with Gasteiger partial charge < -0.3 is 19.9 Å². The first kappa shape index (κ1) is 18.8. The summed E-state index contributed by atoms with van der Waals surface area (Å²) < 4.78 is 17.0. The van der Waals surface area contributed by atoms with E-state index in [4.69, 9.17) is 0 Å². The number of carbonyl (C=O) groups is 1. The molecule has 1 aliphatic carbocycles. The maximum Gasteiger partial charge on any atom is 0.341 e. The number of aromatic carboxylic acids is 1. The molecule has 1 atom stereocenters. The van der Waals surface area contributed by atoms with Crippen molar-refractivity contribution in [1.82, 2.24) is 9.88 Å². The van der Waals surface area contributed by atoms with E-state index in [0.717, 1.165) is 18.4 Å². The van der Waals surface area contributed by atoms with Crippen molar-refractivity contribution in [1.29, 1.82) is 0 Å². The lowest BCUT2D eigenvalue weighted by Gasteiger charge is -2.36. The van der Waals surface area contributed by atoms with Crippen LogP contribution in [0.15, 0.2) is 53.5 Å². The number of halogens is 1. The highest BCUT2D eigenvalue weighted by molar-refractivity contribution is 5.93. The van der Waals surface area contributed by atoms with E-state index in [9.17, 15) is 14.7 Å². The number of piperazine rings is 1. The number of pyridine rings is 1. The molecule has 1 saturated carbocycles. The number of nitrogens with one attached hydrogen (secondary N) is 1. The molecule has 0 amide bonds. The van der Waals surface area contributed by atoms with Crippen molar-refractivity contribution in [2.75, 3.05) is 24.5 Å². The maximum atomic E-state index is 15.1. The van der Waals surface area contributed by atoms with Crippen LogP contribution in [0.3, 0.4) is 0 Å². The van der Waals surface area contributed by atoms with E-state index < -0.39 is 17.2 Å². The Balaban J connectivity index is 1.59. The molecule has 30 heavy (non-hydrogen) atoms. The van der Waals surface area contributed by atoms with E-state index in [1.54, 1.807) is 6.07 Å². The van der Waals surface area contributed by atoms with Gasteiger partial charge in [-0.15, -0.1) is 0 Å². The number of hydrogen-bond acceptors (Lipinski definition) is 4. The third kappa shape index (κ3) is 3.25. The van der Waals surface area contributed by atoms with E-state index in [1.165, 1.54) is 12.3 Å². The minimum Gasteiger partial charge on any atom is -0.477 e. The smallest absolute Gasteiger partial charge is 0.341 e. The molecule has 2 aromatic carbocycles. The molecule has 7 heteroatoms. The van der Waals surface area contributed by atoms with Gasteiger partial charge in [-0.25, -0.2) is 9.18 Å². The van der Waals surface area contributed by atoms with Gasteiger partial charge >= 0.3 is 5.97 Å². The van der Waals surface area contributed by atoms with Crippen LogP contribution in [0.25, 0.3) is 10.9 Å². The first-order valence-corrected chi connectivity index (χ1v) is 10.2. The van der Waals surface area contributed by atoms with Crippen LogP contribution in [0.1, 0.15) is 40.8 Å². The number of carboxylic acids is 1. The van der Waals surface area contributed by atoms with Crippen LogP contribution in [0.5, 0.6) is 0 Å². The van der Waals surface area contributed by atoms with Gasteiger partial charge in [0.05, 0.1) is 11.2 Å². The second-order valence-electron chi connectivity index (χ2n) is 8.00. The van der Waals surface area contributed by atoms with Gasteiger partial charge in [0, 0.05) is 43.3 Å². The third-order valence-electron chi connectivity index (χ3n) is 5.99. The topological polar surface area (TPSA) is 74.6 Å². The summed E-state index contributed by atoms with van der Waals surface area (Å²) in [6, 6.07) is 13.2. The molecule has 2 heterocycles. The second kappa shape index (κ2) is 7.25. The van der Waals surface area contributed by atoms with Crippen LogP contribution < -0.4 is 15.6 Å². The standard InChI is InChI=1S/C23H22FN3O3/c24-18-10-16-20(27(15-6-7-15)12-17(22(16)28)23(29)30)11-21(18)26-9-8-25-19(13-26)14-4-2-1-3-5-14/h1-5,10-12,15,19,25H,6-9,13H2,(H,29,30). The van der Waals surface area contributed by atoms with Crippen molar-refractivity contribution < 1.29 is 14.3 Å². The Morgan fingerprint density at radius 1 is 1.17 bits per heavy atom. The van der Waals surface area contributed by atoms with E-state index in [-0.39, 0.29) is 23.0 Å². The first-order valence-electron chi connectivity index (χ1n) is 10.2. The number of rotatable bonds is 4. The molecule has 2 fully saturated rings. The van der Waals surface area contributed by atoms with Crippen LogP contribution in [0.4, 0.5) is 10.1 Å². The number of benzene rings is 2. The highest BCUT2D eigenvalue weighted by Crippen LogP contribution is 2.38. The molecular weight excluding hydrogens is 385 g/mol. The Morgan fingerprint density at radius 3 is 2.63 bits per heavy atom. The van der Waals surface area contributed by atoms with E-state index in [2.05, 4.69) is 17.4 Å². The maximum absolute atomic E-state index is 15.1. The monoisotopic (exact) mass is 407 g/mol. The number of anilines is 1. The summed E-state index contributed by atoms with van der Waals surface area (Å²) in [5, 5.41) is 13.0. The number of nitrogens with zero attached hydrogens (tertiary/aromatic N) is 2. The molecule has 0 spiro atoms. The van der Waals surface area contributed by atoms with Crippen molar-refractivity contribution in [2.24, 2.45) is 0 Å². The molecule has 1 saturated heterocycles. The van der Waals surface area contributed by atoms with Crippen LogP contribution in [-0.2, 0) is 0 Å². The molecule has 3 aromatic rings. The summed E-state index contributed by atoms with van der Waals surface area (Å²) in [5.41, 5.74) is 1.24. The van der Waals surface area contributed by atoms with Crippen LogP contribution in [0, 0.1) is 5.82 Å². The van der Waals surface area contributed by atoms with Gasteiger partial charge in [-0.2, -0.15) is 0 Å². The summed E-state index contributed by atoms with van der Waals surface area (Å²) in [7, 11) is 0. The zero-order valence-corrected chi connectivity index (χ0v) is 16.3. The predicted octanol–water partition coefficient (Wildman–Crippen LogP) is 3.32. The number of fused-ring (bicyclic) bond motifs is 1. The molecule has 0 radical (unpaired) electrons. The van der Waals surface area contributed by atoms with Gasteiger partial charge in [0.25, 0.3) is 0 Å². The normalized spacial score (nSPS) is 19.2. The van der Waals surface area contributed by atoms with Gasteiger partial charge in [0.1, 0.15) is 11.4 Å². The molecule has 2 aliphatic rings. The summed E-state index contributed by atoms with van der Waals surface area (Å²) in [6.45, 7) is 1.96. The minimum absolute atomic E-state index is 0.0788. The van der Waals surface area contributed by atoms with Crippen molar-refractivity contribution in [3.8, 4) is 0 Å². The molecule has 5 rings (SSSR count). The summed E-state index contributed by atoms with van der Waals surface area (Å²) in [6.07, 6.45) is 3.26. The first-order chi connectivity index (χ1) is 14.5. The SMILES string of the molecule is O=C(O)c1cn(C2CC2)c2cc(N3CCNC(c4ccccc4)C3)c(F)cc2c1=O. The highest BCUT2D eigenvalue weighted by atomic mass is 19.1. The van der Waals surface area contributed by atoms with Crippen molar-refractivity contribution in [3.63, 3.8) is 0 Å². The van der Waals surface area contributed by atoms with Crippen LogP contribution in [-0.4, -0.2) is 35.3 Å². The van der Waals surface area contributed by atoms with Gasteiger partial charge in [0.2, 0.25) is 5.43 Å². The highest BCUT2D eigenvalue weighted by Gasteiger charge is 2.29. The fraction of sp³-hybridized carbons (Fsp3) is 0.304. The van der Waals surface area contributed by atoms with Gasteiger partial charge in [-0.05, 0) is 30.5 Å². The molecule has 6 nitrogen and oxygen atoms in total. The summed E-state index contributed by atoms with van der Waals surface area (Å²) in [5.74, 6) is -1.79. The fourth-order valence-electron chi connectivity index (χ4n) is 4.29. The number of aromatic nitrogens is 1. The Bertz CT molecular complexity index is 1190. The number of carboxylic acid groups (broad SMARTS) is 1. The molecular formula is C23H22FN3O3. The zero-order chi connectivity index (χ0) is 20.8. The quantitative estimate of drug-likeness (QED) is 0.694. The molecule has 1 aliphatic heterocycles. The Kier molecular flexibility index (Phi) is 4.55.